The fourth-order valence-electron chi connectivity index (χ4n) is 1.89. The molecule has 17 heavy (non-hydrogen) atoms. The van der Waals surface area contributed by atoms with Crippen LogP contribution in [0.15, 0.2) is 24.3 Å². The van der Waals surface area contributed by atoms with Crippen LogP contribution < -0.4 is 0 Å². The summed E-state index contributed by atoms with van der Waals surface area (Å²) in [6.07, 6.45) is 0.520. The minimum Gasteiger partial charge on any atom is -0.296 e. The maximum absolute atomic E-state index is 12.3. The van der Waals surface area contributed by atoms with Gasteiger partial charge in [-0.3, -0.25) is 9.05 Å². The number of halogens is 1. The van der Waals surface area contributed by atoms with Crippen molar-refractivity contribution in [3.63, 3.8) is 0 Å². The van der Waals surface area contributed by atoms with Crippen LogP contribution in [-0.2, 0) is 13.6 Å². The van der Waals surface area contributed by atoms with Gasteiger partial charge in [0.1, 0.15) is 0 Å². The first-order valence-corrected chi connectivity index (χ1v) is 7.49. The minimum atomic E-state index is -3.02. The Morgan fingerprint density at radius 1 is 1.41 bits per heavy atom. The van der Waals surface area contributed by atoms with Gasteiger partial charge in [0.2, 0.25) is 0 Å². The SMILES string of the molecule is O=P1(N2CC2)OCC[C@@H](c2cccc(Cl)c2)O1. The van der Waals surface area contributed by atoms with Gasteiger partial charge in [-0.05, 0) is 17.7 Å². The molecule has 2 heterocycles. The Morgan fingerprint density at radius 3 is 2.94 bits per heavy atom. The predicted molar refractivity (Wildman–Crippen MR) is 65.0 cm³/mol. The van der Waals surface area contributed by atoms with Gasteiger partial charge in [0.15, 0.2) is 0 Å². The average Bonchev–Trinajstić information content (AvgIpc) is 3.13. The van der Waals surface area contributed by atoms with Gasteiger partial charge in [-0.2, -0.15) is 0 Å². The molecule has 0 aromatic heterocycles. The quantitative estimate of drug-likeness (QED) is 0.612. The summed E-state index contributed by atoms with van der Waals surface area (Å²) in [7, 11) is -3.02. The Morgan fingerprint density at radius 2 is 2.24 bits per heavy atom. The standard InChI is InChI=1S/C11H13ClNO3P/c12-10-3-1-2-9(8-10)11-4-7-15-17(14,16-11)13-5-6-13/h1-3,8,11H,4-7H2/t11-,17?/m0/s1. The van der Waals surface area contributed by atoms with Gasteiger partial charge in [0.25, 0.3) is 0 Å². The molecule has 1 unspecified atom stereocenters. The van der Waals surface area contributed by atoms with E-state index in [-0.39, 0.29) is 6.10 Å². The van der Waals surface area contributed by atoms with Gasteiger partial charge in [0, 0.05) is 24.5 Å². The molecule has 2 aliphatic heterocycles. The van der Waals surface area contributed by atoms with Crippen LogP contribution in [0, 0.1) is 0 Å². The highest BCUT2D eigenvalue weighted by molar-refractivity contribution is 7.51. The summed E-state index contributed by atoms with van der Waals surface area (Å²) in [6.45, 7) is 2.05. The molecule has 4 nitrogen and oxygen atoms in total. The topological polar surface area (TPSA) is 38.5 Å². The maximum atomic E-state index is 12.3. The summed E-state index contributed by atoms with van der Waals surface area (Å²) in [4.78, 5) is 0. The van der Waals surface area contributed by atoms with Gasteiger partial charge >= 0.3 is 7.75 Å². The molecular formula is C11H13ClNO3P. The van der Waals surface area contributed by atoms with Crippen molar-refractivity contribution < 1.29 is 13.6 Å². The van der Waals surface area contributed by atoms with E-state index in [2.05, 4.69) is 0 Å². The number of hydrogen-bond donors (Lipinski definition) is 0. The number of hydrogen-bond acceptors (Lipinski definition) is 3. The lowest BCUT2D eigenvalue weighted by Gasteiger charge is -2.30. The third kappa shape index (κ3) is 2.42. The Bertz CT molecular complexity index is 478. The maximum Gasteiger partial charge on any atom is 0.408 e. The fourth-order valence-corrected chi connectivity index (χ4v) is 3.91. The molecule has 0 N–H and O–H groups in total. The molecule has 1 aromatic rings. The zero-order chi connectivity index (χ0) is 11.9. The van der Waals surface area contributed by atoms with Gasteiger partial charge in [-0.1, -0.05) is 23.7 Å². The third-order valence-corrected chi connectivity index (χ3v) is 5.24. The Kier molecular flexibility index (Phi) is 3.01. The Labute approximate surface area is 105 Å². The lowest BCUT2D eigenvalue weighted by Crippen LogP contribution is -2.17. The van der Waals surface area contributed by atoms with Crippen LogP contribution in [0.5, 0.6) is 0 Å². The number of rotatable bonds is 2. The summed E-state index contributed by atoms with van der Waals surface area (Å²) >= 11 is 5.94. The molecule has 2 saturated heterocycles. The van der Waals surface area contributed by atoms with Gasteiger partial charge in [-0.25, -0.2) is 9.24 Å². The van der Waals surface area contributed by atoms with E-state index in [1.54, 1.807) is 4.67 Å². The second kappa shape index (κ2) is 4.38. The van der Waals surface area contributed by atoms with Crippen molar-refractivity contribution >= 4 is 19.3 Å². The molecule has 0 aliphatic carbocycles. The second-order valence-corrected chi connectivity index (χ2v) is 6.60. The van der Waals surface area contributed by atoms with Crippen LogP contribution in [0.3, 0.4) is 0 Å². The molecule has 1 aromatic carbocycles. The fraction of sp³-hybridized carbons (Fsp3) is 0.455. The molecule has 6 heteroatoms. The molecule has 0 amide bonds. The van der Waals surface area contributed by atoms with Crippen LogP contribution in [0.25, 0.3) is 0 Å². The molecule has 0 spiro atoms. The van der Waals surface area contributed by atoms with E-state index in [0.717, 1.165) is 18.7 Å². The first kappa shape index (κ1) is 11.7. The van der Waals surface area contributed by atoms with Crippen molar-refractivity contribution in [1.82, 2.24) is 4.67 Å². The van der Waals surface area contributed by atoms with E-state index in [1.165, 1.54) is 0 Å². The normalized spacial score (nSPS) is 33.6. The number of nitrogens with zero attached hydrogens (tertiary/aromatic N) is 1. The van der Waals surface area contributed by atoms with Crippen LogP contribution in [0.1, 0.15) is 18.1 Å². The molecule has 0 bridgehead atoms. The van der Waals surface area contributed by atoms with Crippen LogP contribution in [0.4, 0.5) is 0 Å². The van der Waals surface area contributed by atoms with Gasteiger partial charge in [0.05, 0.1) is 12.7 Å². The average molecular weight is 274 g/mol. The summed E-state index contributed by atoms with van der Waals surface area (Å²) in [5.41, 5.74) is 0.961. The molecule has 2 atom stereocenters. The van der Waals surface area contributed by atoms with Crippen molar-refractivity contribution in [2.24, 2.45) is 0 Å². The van der Waals surface area contributed by atoms with E-state index in [0.29, 0.717) is 18.1 Å². The zero-order valence-corrected chi connectivity index (χ0v) is 10.9. The summed E-state index contributed by atoms with van der Waals surface area (Å²) in [5, 5.41) is 0.666. The second-order valence-electron chi connectivity index (χ2n) is 4.19. The van der Waals surface area contributed by atoms with Crippen LogP contribution in [-0.4, -0.2) is 24.4 Å². The van der Waals surface area contributed by atoms with E-state index < -0.39 is 7.75 Å². The minimum absolute atomic E-state index is 0.186. The van der Waals surface area contributed by atoms with Crippen molar-refractivity contribution in [2.75, 3.05) is 19.7 Å². The van der Waals surface area contributed by atoms with Crippen LogP contribution >= 0.6 is 19.3 Å². The summed E-state index contributed by atoms with van der Waals surface area (Å²) in [6, 6.07) is 7.48. The first-order valence-electron chi connectivity index (χ1n) is 5.61. The Balaban J connectivity index is 1.82. The van der Waals surface area contributed by atoms with Gasteiger partial charge < -0.3 is 0 Å². The van der Waals surface area contributed by atoms with E-state index in [4.69, 9.17) is 20.6 Å². The van der Waals surface area contributed by atoms with Crippen LogP contribution in [0.2, 0.25) is 5.02 Å². The lowest BCUT2D eigenvalue weighted by atomic mass is 10.1. The molecule has 0 radical (unpaired) electrons. The molecule has 92 valence electrons. The molecule has 2 fully saturated rings. The zero-order valence-electron chi connectivity index (χ0n) is 9.21. The van der Waals surface area contributed by atoms with Crippen molar-refractivity contribution in [2.45, 2.75) is 12.5 Å². The lowest BCUT2D eigenvalue weighted by molar-refractivity contribution is 0.0677. The highest BCUT2D eigenvalue weighted by atomic mass is 35.5. The summed E-state index contributed by atoms with van der Waals surface area (Å²) in [5.74, 6) is 0. The predicted octanol–water partition coefficient (Wildman–Crippen LogP) is 3.24. The van der Waals surface area contributed by atoms with Crippen molar-refractivity contribution in [3.05, 3.63) is 34.9 Å². The smallest absolute Gasteiger partial charge is 0.296 e. The first-order chi connectivity index (χ1) is 8.17. The molecule has 2 aliphatic rings. The largest absolute Gasteiger partial charge is 0.408 e. The third-order valence-electron chi connectivity index (χ3n) is 2.89. The van der Waals surface area contributed by atoms with E-state index in [1.807, 2.05) is 24.3 Å². The molecule has 3 rings (SSSR count). The van der Waals surface area contributed by atoms with E-state index in [9.17, 15) is 4.57 Å². The monoisotopic (exact) mass is 273 g/mol. The molecule has 0 saturated carbocycles. The highest BCUT2D eigenvalue weighted by Gasteiger charge is 2.45. The summed E-state index contributed by atoms with van der Waals surface area (Å²) < 4.78 is 25.0. The highest BCUT2D eigenvalue weighted by Crippen LogP contribution is 2.61. The van der Waals surface area contributed by atoms with Crippen molar-refractivity contribution in [1.29, 1.82) is 0 Å². The van der Waals surface area contributed by atoms with E-state index >= 15 is 0 Å². The molecular weight excluding hydrogens is 261 g/mol. The van der Waals surface area contributed by atoms with Gasteiger partial charge in [-0.15, -0.1) is 0 Å². The number of benzene rings is 1. The van der Waals surface area contributed by atoms with Crippen molar-refractivity contribution in [3.8, 4) is 0 Å². The Hall–Kier alpha value is -0.380.